The van der Waals surface area contributed by atoms with Crippen molar-refractivity contribution in [1.29, 1.82) is 0 Å². The quantitative estimate of drug-likeness (QED) is 0.618. The van der Waals surface area contributed by atoms with Gasteiger partial charge in [-0.15, -0.1) is 0 Å². The van der Waals surface area contributed by atoms with E-state index in [9.17, 15) is 13.6 Å². The summed E-state index contributed by atoms with van der Waals surface area (Å²) in [6.45, 7) is 0. The van der Waals surface area contributed by atoms with Gasteiger partial charge in [0, 0.05) is 20.7 Å². The van der Waals surface area contributed by atoms with Gasteiger partial charge in [-0.25, -0.2) is 8.78 Å². The average molecular weight is 406 g/mol. The van der Waals surface area contributed by atoms with Crippen LogP contribution in [-0.4, -0.2) is 16.1 Å². The van der Waals surface area contributed by atoms with Crippen molar-refractivity contribution < 1.29 is 18.7 Å². The molecule has 0 bridgehead atoms. The Balaban J connectivity index is 3.30. The molecular formula is C9H7BrF2INO2. The highest BCUT2D eigenvalue weighted by molar-refractivity contribution is 14.1. The molecule has 0 aliphatic heterocycles. The Morgan fingerprint density at radius 3 is 2.69 bits per heavy atom. The summed E-state index contributed by atoms with van der Waals surface area (Å²) < 4.78 is 25.8. The number of carboxylic acid groups (broad SMARTS) is 1. The van der Waals surface area contributed by atoms with Crippen LogP contribution in [0, 0.1) is 3.57 Å². The van der Waals surface area contributed by atoms with Crippen LogP contribution in [0.3, 0.4) is 0 Å². The van der Waals surface area contributed by atoms with Crippen molar-refractivity contribution in [3.63, 3.8) is 0 Å². The number of carboxylic acids is 1. The third kappa shape index (κ3) is 3.09. The van der Waals surface area contributed by atoms with E-state index in [0.29, 0.717) is 14.5 Å². The van der Waals surface area contributed by atoms with Crippen molar-refractivity contribution in [2.75, 3.05) is 0 Å². The van der Waals surface area contributed by atoms with E-state index in [1.54, 1.807) is 0 Å². The van der Waals surface area contributed by atoms with Gasteiger partial charge in [0.1, 0.15) is 5.69 Å². The summed E-state index contributed by atoms with van der Waals surface area (Å²) in [4.78, 5) is 14.2. The van der Waals surface area contributed by atoms with Crippen molar-refractivity contribution in [2.24, 2.45) is 0 Å². The molecule has 16 heavy (non-hydrogen) atoms. The molecule has 3 nitrogen and oxygen atoms in total. The van der Waals surface area contributed by atoms with Gasteiger partial charge in [-0.2, -0.15) is 0 Å². The van der Waals surface area contributed by atoms with Crippen LogP contribution >= 0.6 is 38.5 Å². The number of nitrogens with zero attached hydrogens (tertiary/aromatic N) is 1. The molecule has 1 heterocycles. The van der Waals surface area contributed by atoms with E-state index >= 15 is 0 Å². The lowest BCUT2D eigenvalue weighted by Gasteiger charge is -2.11. The topological polar surface area (TPSA) is 50.2 Å². The highest BCUT2D eigenvalue weighted by Gasteiger charge is 2.21. The zero-order chi connectivity index (χ0) is 12.3. The number of pyridine rings is 1. The first-order valence-corrected chi connectivity index (χ1v) is 6.39. The number of aromatic nitrogens is 1. The van der Waals surface area contributed by atoms with Crippen molar-refractivity contribution in [3.8, 4) is 0 Å². The lowest BCUT2D eigenvalue weighted by molar-refractivity contribution is -0.136. The zero-order valence-electron chi connectivity index (χ0n) is 7.88. The molecule has 0 fully saturated rings. The molecule has 1 aromatic rings. The summed E-state index contributed by atoms with van der Waals surface area (Å²) >= 11 is 5.06. The highest BCUT2D eigenvalue weighted by atomic mass is 127. The molecule has 1 rings (SSSR count). The molecule has 1 N–H and O–H groups in total. The molecule has 88 valence electrons. The van der Waals surface area contributed by atoms with Crippen molar-refractivity contribution >= 4 is 44.5 Å². The van der Waals surface area contributed by atoms with Crippen LogP contribution < -0.4 is 0 Å². The summed E-state index contributed by atoms with van der Waals surface area (Å²) in [7, 11) is 0. The molecule has 0 radical (unpaired) electrons. The monoisotopic (exact) mass is 405 g/mol. The zero-order valence-corrected chi connectivity index (χ0v) is 11.6. The van der Waals surface area contributed by atoms with Gasteiger partial charge >= 0.3 is 5.97 Å². The van der Waals surface area contributed by atoms with Crippen LogP contribution in [0.2, 0.25) is 0 Å². The fourth-order valence-corrected chi connectivity index (χ4v) is 2.94. The van der Waals surface area contributed by atoms with Gasteiger partial charge in [0.05, 0.1) is 6.42 Å². The number of halogens is 4. The van der Waals surface area contributed by atoms with Gasteiger partial charge < -0.3 is 5.11 Å². The van der Waals surface area contributed by atoms with Crippen LogP contribution in [0.5, 0.6) is 0 Å². The number of aliphatic carboxylic acids is 1. The van der Waals surface area contributed by atoms with Gasteiger partial charge in [-0.3, -0.25) is 9.78 Å². The number of carbonyl (C=O) groups is 1. The number of hydrogen-bond donors (Lipinski definition) is 1. The second-order valence-electron chi connectivity index (χ2n) is 2.97. The SMILES string of the molecule is O=C(O)Cc1c(C(F)F)ncc(CBr)c1I. The van der Waals surface area contributed by atoms with E-state index in [-0.39, 0.29) is 5.56 Å². The second kappa shape index (κ2) is 5.85. The molecule has 7 heteroatoms. The van der Waals surface area contributed by atoms with Gasteiger partial charge in [0.15, 0.2) is 0 Å². The Labute approximate surface area is 113 Å². The minimum Gasteiger partial charge on any atom is -0.481 e. The van der Waals surface area contributed by atoms with E-state index < -0.39 is 24.5 Å². The van der Waals surface area contributed by atoms with Crippen LogP contribution in [-0.2, 0) is 16.5 Å². The predicted octanol–water partition coefficient (Wildman–Crippen LogP) is 3.15. The number of rotatable bonds is 4. The fourth-order valence-electron chi connectivity index (χ4n) is 1.19. The Hall–Kier alpha value is -0.310. The third-order valence-electron chi connectivity index (χ3n) is 1.89. The number of alkyl halides is 3. The predicted molar refractivity (Wildman–Crippen MR) is 65.9 cm³/mol. The number of hydrogen-bond acceptors (Lipinski definition) is 2. The standard InChI is InChI=1S/C9H7BrF2INO2/c10-2-4-3-14-8(9(11)12)5(7(4)13)1-6(15)16/h3,9H,1-2H2,(H,15,16). The van der Waals surface area contributed by atoms with Crippen molar-refractivity contribution in [3.05, 3.63) is 26.6 Å². The summed E-state index contributed by atoms with van der Waals surface area (Å²) in [5, 5.41) is 9.13. The Morgan fingerprint density at radius 2 is 2.25 bits per heavy atom. The molecule has 0 unspecified atom stereocenters. The maximum atomic E-state index is 12.6. The Bertz CT molecular complexity index is 415. The van der Waals surface area contributed by atoms with Crippen LogP contribution in [0.25, 0.3) is 0 Å². The molecule has 0 spiro atoms. The fraction of sp³-hybridized carbons (Fsp3) is 0.333. The van der Waals surface area contributed by atoms with Gasteiger partial charge in [0.25, 0.3) is 6.43 Å². The molecule has 0 saturated heterocycles. The molecule has 0 aliphatic rings. The maximum Gasteiger partial charge on any atom is 0.307 e. The maximum absolute atomic E-state index is 12.6. The molecule has 0 amide bonds. The summed E-state index contributed by atoms with van der Waals surface area (Å²) in [5.41, 5.74) is 0.359. The first-order chi connectivity index (χ1) is 7.47. The van der Waals surface area contributed by atoms with Gasteiger partial charge in [0.2, 0.25) is 0 Å². The first kappa shape index (κ1) is 13.8. The van der Waals surface area contributed by atoms with E-state index in [1.807, 2.05) is 22.6 Å². The van der Waals surface area contributed by atoms with E-state index in [1.165, 1.54) is 6.20 Å². The van der Waals surface area contributed by atoms with Crippen molar-refractivity contribution in [1.82, 2.24) is 4.98 Å². The summed E-state index contributed by atoms with van der Waals surface area (Å²) in [5.74, 6) is -1.15. The van der Waals surface area contributed by atoms with Crippen LogP contribution in [0.1, 0.15) is 23.2 Å². The average Bonchev–Trinajstić information content (AvgIpc) is 2.19. The molecule has 0 aromatic carbocycles. The normalized spacial score (nSPS) is 10.8. The molecule has 0 saturated carbocycles. The van der Waals surface area contributed by atoms with Gasteiger partial charge in [-0.05, 0) is 28.2 Å². The Kier molecular flexibility index (Phi) is 5.03. The Morgan fingerprint density at radius 1 is 1.62 bits per heavy atom. The summed E-state index contributed by atoms with van der Waals surface area (Å²) in [6, 6.07) is 0. The second-order valence-corrected chi connectivity index (χ2v) is 4.61. The van der Waals surface area contributed by atoms with Crippen LogP contribution in [0.15, 0.2) is 6.20 Å². The van der Waals surface area contributed by atoms with Crippen LogP contribution in [0.4, 0.5) is 8.78 Å². The third-order valence-corrected chi connectivity index (χ3v) is 3.84. The lowest BCUT2D eigenvalue weighted by atomic mass is 10.1. The minimum absolute atomic E-state index is 0.0973. The molecule has 1 aromatic heterocycles. The van der Waals surface area contributed by atoms with Crippen molar-refractivity contribution in [2.45, 2.75) is 18.2 Å². The molecule has 0 aliphatic carbocycles. The first-order valence-electron chi connectivity index (χ1n) is 4.19. The molecular weight excluding hydrogens is 399 g/mol. The van der Waals surface area contributed by atoms with E-state index in [0.717, 1.165) is 0 Å². The van der Waals surface area contributed by atoms with Gasteiger partial charge in [-0.1, -0.05) is 15.9 Å². The smallest absolute Gasteiger partial charge is 0.307 e. The largest absolute Gasteiger partial charge is 0.481 e. The van der Waals surface area contributed by atoms with E-state index in [2.05, 4.69) is 20.9 Å². The summed E-state index contributed by atoms with van der Waals surface area (Å²) in [6.07, 6.45) is -1.86. The highest BCUT2D eigenvalue weighted by Crippen LogP contribution is 2.28. The van der Waals surface area contributed by atoms with E-state index in [4.69, 9.17) is 5.11 Å². The lowest BCUT2D eigenvalue weighted by Crippen LogP contribution is -2.10. The molecule has 0 atom stereocenters. The minimum atomic E-state index is -2.76.